The van der Waals surface area contributed by atoms with Crippen molar-refractivity contribution in [1.29, 1.82) is 0 Å². The van der Waals surface area contributed by atoms with Crippen LogP contribution in [-0.4, -0.2) is 20.0 Å². The van der Waals surface area contributed by atoms with Gasteiger partial charge >= 0.3 is 0 Å². The van der Waals surface area contributed by atoms with Crippen molar-refractivity contribution < 1.29 is 0 Å². The third kappa shape index (κ3) is 1.61. The van der Waals surface area contributed by atoms with Crippen molar-refractivity contribution in [2.24, 2.45) is 7.05 Å². The van der Waals surface area contributed by atoms with Crippen molar-refractivity contribution in [3.63, 3.8) is 0 Å². The van der Waals surface area contributed by atoms with Crippen molar-refractivity contribution in [2.75, 3.05) is 5.73 Å². The zero-order chi connectivity index (χ0) is 12.0. The van der Waals surface area contributed by atoms with E-state index < -0.39 is 0 Å². The minimum atomic E-state index is 0.491. The molecular formula is C11H10BrN5. The van der Waals surface area contributed by atoms with Crippen LogP contribution in [0.2, 0.25) is 0 Å². The lowest BCUT2D eigenvalue weighted by atomic mass is 10.1. The number of anilines is 1. The van der Waals surface area contributed by atoms with Crippen LogP contribution in [0, 0.1) is 0 Å². The minimum absolute atomic E-state index is 0.491. The van der Waals surface area contributed by atoms with Crippen LogP contribution in [0.1, 0.15) is 0 Å². The van der Waals surface area contributed by atoms with Gasteiger partial charge in [0.1, 0.15) is 10.4 Å². The van der Waals surface area contributed by atoms with Gasteiger partial charge < -0.3 is 5.73 Å². The molecule has 3 rings (SSSR count). The second kappa shape index (κ2) is 3.59. The normalized spacial score (nSPS) is 11.2. The summed E-state index contributed by atoms with van der Waals surface area (Å²) < 4.78 is 2.68. The quantitative estimate of drug-likeness (QED) is 0.723. The zero-order valence-corrected chi connectivity index (χ0v) is 10.7. The molecule has 1 aromatic carbocycles. The molecule has 0 bridgehead atoms. The molecule has 86 valence electrons. The number of nitrogens with zero attached hydrogens (tertiary/aromatic N) is 3. The van der Waals surface area contributed by atoms with Crippen molar-refractivity contribution in [2.45, 2.75) is 0 Å². The molecule has 6 heteroatoms. The number of nitrogen functional groups attached to an aromatic ring is 1. The Kier molecular flexibility index (Phi) is 2.19. The molecule has 0 radical (unpaired) electrons. The van der Waals surface area contributed by atoms with Crippen LogP contribution < -0.4 is 5.73 Å². The largest absolute Gasteiger partial charge is 0.382 e. The van der Waals surface area contributed by atoms with Crippen LogP contribution in [0.15, 0.2) is 28.9 Å². The van der Waals surface area contributed by atoms with E-state index in [2.05, 4.69) is 37.3 Å². The molecule has 0 aliphatic rings. The molecule has 0 spiro atoms. The maximum atomic E-state index is 5.59. The van der Waals surface area contributed by atoms with Crippen molar-refractivity contribution >= 4 is 32.7 Å². The molecule has 2 aromatic heterocycles. The van der Waals surface area contributed by atoms with Gasteiger partial charge in [-0.05, 0) is 28.1 Å². The lowest BCUT2D eigenvalue weighted by Gasteiger charge is -1.98. The summed E-state index contributed by atoms with van der Waals surface area (Å²) in [5.41, 5.74) is 8.61. The number of nitrogens with two attached hydrogens (primary N) is 1. The van der Waals surface area contributed by atoms with Gasteiger partial charge in [0.25, 0.3) is 0 Å². The molecular weight excluding hydrogens is 282 g/mol. The van der Waals surface area contributed by atoms with Gasteiger partial charge in [0.15, 0.2) is 0 Å². The highest BCUT2D eigenvalue weighted by atomic mass is 79.9. The average molecular weight is 292 g/mol. The Balaban J connectivity index is 2.22. The predicted molar refractivity (Wildman–Crippen MR) is 70.4 cm³/mol. The highest BCUT2D eigenvalue weighted by molar-refractivity contribution is 9.10. The molecule has 0 saturated carbocycles. The van der Waals surface area contributed by atoms with Crippen LogP contribution in [0.4, 0.5) is 5.82 Å². The molecule has 5 nitrogen and oxygen atoms in total. The highest BCUT2D eigenvalue weighted by Gasteiger charge is 2.08. The fourth-order valence-corrected chi connectivity index (χ4v) is 2.43. The van der Waals surface area contributed by atoms with Gasteiger partial charge in [-0.3, -0.25) is 9.78 Å². The van der Waals surface area contributed by atoms with Gasteiger partial charge in [0, 0.05) is 24.1 Å². The van der Waals surface area contributed by atoms with Crippen LogP contribution in [0.5, 0.6) is 0 Å². The summed E-state index contributed by atoms with van der Waals surface area (Å²) in [4.78, 5) is 0. The monoisotopic (exact) mass is 291 g/mol. The number of benzene rings is 1. The first-order valence-corrected chi connectivity index (χ1v) is 5.88. The number of halogens is 1. The number of hydrogen-bond donors (Lipinski definition) is 2. The summed E-state index contributed by atoms with van der Waals surface area (Å²) in [6.45, 7) is 0. The van der Waals surface area contributed by atoms with Gasteiger partial charge in [-0.25, -0.2) is 0 Å². The maximum absolute atomic E-state index is 5.59. The lowest BCUT2D eigenvalue weighted by Crippen LogP contribution is -1.88. The summed E-state index contributed by atoms with van der Waals surface area (Å²) in [5, 5.41) is 12.2. The number of aryl methyl sites for hydroxylation is 1. The Morgan fingerprint density at radius 3 is 2.88 bits per heavy atom. The highest BCUT2D eigenvalue weighted by Crippen LogP contribution is 2.28. The number of H-pyrrole nitrogens is 1. The molecule has 0 amide bonds. The van der Waals surface area contributed by atoms with Gasteiger partial charge in [-0.15, -0.1) is 0 Å². The fraction of sp³-hybridized carbons (Fsp3) is 0.0909. The van der Waals surface area contributed by atoms with Crippen LogP contribution in [0.3, 0.4) is 0 Å². The second-order valence-corrected chi connectivity index (χ2v) is 4.60. The van der Waals surface area contributed by atoms with Gasteiger partial charge in [0.2, 0.25) is 0 Å². The van der Waals surface area contributed by atoms with Gasteiger partial charge in [-0.2, -0.15) is 10.2 Å². The first-order chi connectivity index (χ1) is 8.15. The Morgan fingerprint density at radius 2 is 2.18 bits per heavy atom. The molecule has 0 fully saturated rings. The van der Waals surface area contributed by atoms with E-state index in [4.69, 9.17) is 5.73 Å². The van der Waals surface area contributed by atoms with E-state index in [1.165, 1.54) is 0 Å². The summed E-state index contributed by atoms with van der Waals surface area (Å²) >= 11 is 3.45. The fourth-order valence-electron chi connectivity index (χ4n) is 1.88. The Hall–Kier alpha value is -1.82. The minimum Gasteiger partial charge on any atom is -0.382 e. The first-order valence-electron chi connectivity index (χ1n) is 5.08. The third-order valence-corrected chi connectivity index (χ3v) is 3.30. The maximum Gasteiger partial charge on any atom is 0.145 e. The molecule has 0 aliphatic heterocycles. The van der Waals surface area contributed by atoms with Crippen molar-refractivity contribution in [3.05, 3.63) is 28.9 Å². The molecule has 3 N–H and O–H groups in total. The number of rotatable bonds is 1. The van der Waals surface area contributed by atoms with E-state index in [9.17, 15) is 0 Å². The Bertz CT molecular complexity index is 697. The standard InChI is InChI=1S/C11H10BrN5/c1-17-9-3-2-6(4-7(9)11(12)16-17)8-5-10(13)15-14-8/h2-5H,1H3,(H3,13,14,15). The van der Waals surface area contributed by atoms with Gasteiger partial charge in [0.05, 0.1) is 11.2 Å². The van der Waals surface area contributed by atoms with E-state index in [-0.39, 0.29) is 0 Å². The number of nitrogens with one attached hydrogen (secondary N) is 1. The van der Waals surface area contributed by atoms with Crippen molar-refractivity contribution in [3.8, 4) is 11.3 Å². The third-order valence-electron chi connectivity index (χ3n) is 2.71. The predicted octanol–water partition coefficient (Wildman–Crippen LogP) is 2.31. The number of aromatic amines is 1. The summed E-state index contributed by atoms with van der Waals surface area (Å²) in [7, 11) is 1.92. The number of hydrogen-bond acceptors (Lipinski definition) is 3. The van der Waals surface area contributed by atoms with Crippen molar-refractivity contribution in [1.82, 2.24) is 20.0 Å². The molecule has 3 aromatic rings. The lowest BCUT2D eigenvalue weighted by molar-refractivity contribution is 0.788. The summed E-state index contributed by atoms with van der Waals surface area (Å²) in [6, 6.07) is 7.91. The zero-order valence-electron chi connectivity index (χ0n) is 9.11. The molecule has 0 saturated heterocycles. The van der Waals surface area contributed by atoms with E-state index in [1.54, 1.807) is 0 Å². The topological polar surface area (TPSA) is 72.5 Å². The Morgan fingerprint density at radius 1 is 1.35 bits per heavy atom. The molecule has 0 atom stereocenters. The number of fused-ring (bicyclic) bond motifs is 1. The second-order valence-electron chi connectivity index (χ2n) is 3.85. The average Bonchev–Trinajstić information content (AvgIpc) is 2.85. The van der Waals surface area contributed by atoms with E-state index in [0.29, 0.717) is 5.82 Å². The molecule has 0 aliphatic carbocycles. The molecule has 0 unspecified atom stereocenters. The number of aromatic nitrogens is 4. The van der Waals surface area contributed by atoms with Crippen LogP contribution >= 0.6 is 15.9 Å². The SMILES string of the molecule is Cn1nc(Br)c2cc(-c3cc(N)n[nH]3)ccc21. The molecule has 2 heterocycles. The van der Waals surface area contributed by atoms with Crippen LogP contribution in [0.25, 0.3) is 22.2 Å². The summed E-state index contributed by atoms with van der Waals surface area (Å²) in [5.74, 6) is 0.491. The van der Waals surface area contributed by atoms with Crippen LogP contribution in [-0.2, 0) is 7.05 Å². The molecule has 17 heavy (non-hydrogen) atoms. The summed E-state index contributed by atoms with van der Waals surface area (Å²) in [6.07, 6.45) is 0. The van der Waals surface area contributed by atoms with E-state index in [0.717, 1.165) is 26.8 Å². The van der Waals surface area contributed by atoms with E-state index in [1.807, 2.05) is 29.9 Å². The van der Waals surface area contributed by atoms with E-state index >= 15 is 0 Å². The first kappa shape index (κ1) is 10.3. The Labute approximate surface area is 106 Å². The van der Waals surface area contributed by atoms with Gasteiger partial charge in [-0.1, -0.05) is 6.07 Å². The smallest absolute Gasteiger partial charge is 0.145 e.